The maximum Gasteiger partial charge on any atom is 0.0664 e. The SMILES string of the molecule is C=Nc1cccc(-c2ccccc2)c1Cc1ccccn1. The second-order valence-corrected chi connectivity index (χ2v) is 4.83. The van der Waals surface area contributed by atoms with Gasteiger partial charge in [0.15, 0.2) is 0 Å². The van der Waals surface area contributed by atoms with Crippen molar-refractivity contribution >= 4 is 12.4 Å². The van der Waals surface area contributed by atoms with Crippen LogP contribution in [-0.4, -0.2) is 11.7 Å². The summed E-state index contributed by atoms with van der Waals surface area (Å²) in [6.45, 7) is 3.70. The number of benzene rings is 2. The van der Waals surface area contributed by atoms with E-state index in [1.54, 1.807) is 0 Å². The molecular formula is C19H16N2. The Hall–Kier alpha value is -2.74. The highest BCUT2D eigenvalue weighted by Crippen LogP contribution is 2.32. The fourth-order valence-electron chi connectivity index (χ4n) is 2.48. The fraction of sp³-hybridized carbons (Fsp3) is 0.0526. The van der Waals surface area contributed by atoms with Crippen LogP contribution in [0.25, 0.3) is 11.1 Å². The maximum atomic E-state index is 4.42. The van der Waals surface area contributed by atoms with E-state index in [-0.39, 0.29) is 0 Å². The lowest BCUT2D eigenvalue weighted by molar-refractivity contribution is 1.07. The number of hydrogen-bond donors (Lipinski definition) is 0. The molecule has 0 saturated heterocycles. The zero-order chi connectivity index (χ0) is 14.5. The molecule has 0 saturated carbocycles. The summed E-state index contributed by atoms with van der Waals surface area (Å²) < 4.78 is 0. The van der Waals surface area contributed by atoms with E-state index in [1.165, 1.54) is 11.1 Å². The minimum atomic E-state index is 0.750. The molecular weight excluding hydrogens is 256 g/mol. The van der Waals surface area contributed by atoms with Crippen molar-refractivity contribution in [2.75, 3.05) is 0 Å². The standard InChI is InChI=1S/C19H16N2/c1-20-19-12-7-11-17(15-8-3-2-4-9-15)18(19)14-16-10-5-6-13-21-16/h2-13H,1,14H2. The molecule has 0 aliphatic rings. The van der Waals surface area contributed by atoms with Gasteiger partial charge in [-0.2, -0.15) is 0 Å². The van der Waals surface area contributed by atoms with Crippen molar-refractivity contribution in [1.29, 1.82) is 0 Å². The molecule has 0 fully saturated rings. The molecule has 2 nitrogen and oxygen atoms in total. The summed E-state index contributed by atoms with van der Waals surface area (Å²) in [6, 6.07) is 22.5. The third kappa shape index (κ3) is 2.90. The van der Waals surface area contributed by atoms with Crippen LogP contribution in [-0.2, 0) is 6.42 Å². The van der Waals surface area contributed by atoms with Gasteiger partial charge < -0.3 is 0 Å². The van der Waals surface area contributed by atoms with Gasteiger partial charge in [-0.15, -0.1) is 0 Å². The Labute approximate surface area is 124 Å². The Bertz CT molecular complexity index is 734. The zero-order valence-corrected chi connectivity index (χ0v) is 11.7. The predicted octanol–water partition coefficient (Wildman–Crippen LogP) is 4.67. The van der Waals surface area contributed by atoms with Crippen molar-refractivity contribution in [2.45, 2.75) is 6.42 Å². The van der Waals surface area contributed by atoms with Gasteiger partial charge in [-0.25, -0.2) is 0 Å². The monoisotopic (exact) mass is 272 g/mol. The molecule has 0 aliphatic carbocycles. The van der Waals surface area contributed by atoms with E-state index in [4.69, 9.17) is 0 Å². The Balaban J connectivity index is 2.11. The molecule has 2 heteroatoms. The molecule has 0 amide bonds. The number of hydrogen-bond acceptors (Lipinski definition) is 2. The summed E-state index contributed by atoms with van der Waals surface area (Å²) in [5, 5.41) is 0. The van der Waals surface area contributed by atoms with Crippen molar-refractivity contribution in [3.63, 3.8) is 0 Å². The highest BCUT2D eigenvalue weighted by Gasteiger charge is 2.10. The van der Waals surface area contributed by atoms with E-state index in [9.17, 15) is 0 Å². The van der Waals surface area contributed by atoms with Crippen molar-refractivity contribution in [3.05, 3.63) is 84.2 Å². The first-order valence-electron chi connectivity index (χ1n) is 6.92. The Kier molecular flexibility index (Phi) is 3.88. The van der Waals surface area contributed by atoms with Crippen LogP contribution in [0.4, 0.5) is 5.69 Å². The molecule has 21 heavy (non-hydrogen) atoms. The molecule has 3 rings (SSSR count). The molecule has 1 aromatic heterocycles. The third-order valence-electron chi connectivity index (χ3n) is 3.49. The van der Waals surface area contributed by atoms with Crippen molar-refractivity contribution in [2.24, 2.45) is 4.99 Å². The average Bonchev–Trinajstić information content (AvgIpc) is 2.57. The van der Waals surface area contributed by atoms with Gasteiger partial charge in [-0.3, -0.25) is 9.98 Å². The average molecular weight is 272 g/mol. The van der Waals surface area contributed by atoms with E-state index >= 15 is 0 Å². The topological polar surface area (TPSA) is 25.2 Å². The number of pyridine rings is 1. The van der Waals surface area contributed by atoms with E-state index in [1.807, 2.05) is 54.7 Å². The van der Waals surface area contributed by atoms with E-state index in [0.717, 1.165) is 23.4 Å². The summed E-state index contributed by atoms with van der Waals surface area (Å²) in [4.78, 5) is 8.60. The van der Waals surface area contributed by atoms with Gasteiger partial charge in [0.1, 0.15) is 0 Å². The molecule has 0 bridgehead atoms. The molecule has 0 N–H and O–H groups in total. The molecule has 1 heterocycles. The third-order valence-corrected chi connectivity index (χ3v) is 3.49. The molecule has 102 valence electrons. The summed E-state index contributed by atoms with van der Waals surface area (Å²) in [7, 11) is 0. The highest BCUT2D eigenvalue weighted by atomic mass is 14.7. The second kappa shape index (κ2) is 6.14. The number of aliphatic imine (C=N–C) groups is 1. The molecule has 0 aliphatic heterocycles. The van der Waals surface area contributed by atoms with Gasteiger partial charge in [0.25, 0.3) is 0 Å². The largest absolute Gasteiger partial charge is 0.264 e. The summed E-state index contributed by atoms with van der Waals surface area (Å²) in [6.07, 6.45) is 2.57. The summed E-state index contributed by atoms with van der Waals surface area (Å²) in [5.74, 6) is 0. The zero-order valence-electron chi connectivity index (χ0n) is 11.7. The first-order valence-corrected chi connectivity index (χ1v) is 6.92. The van der Waals surface area contributed by atoms with Crippen LogP contribution in [0.15, 0.2) is 77.9 Å². The van der Waals surface area contributed by atoms with Crippen LogP contribution >= 0.6 is 0 Å². The van der Waals surface area contributed by atoms with Gasteiger partial charge >= 0.3 is 0 Å². The minimum Gasteiger partial charge on any atom is -0.264 e. The molecule has 2 aromatic carbocycles. The number of rotatable bonds is 4. The molecule has 0 unspecified atom stereocenters. The lowest BCUT2D eigenvalue weighted by atomic mass is 9.95. The van der Waals surface area contributed by atoms with E-state index < -0.39 is 0 Å². The highest BCUT2D eigenvalue weighted by molar-refractivity contribution is 5.74. The van der Waals surface area contributed by atoms with Crippen LogP contribution in [0.5, 0.6) is 0 Å². The molecule has 0 spiro atoms. The van der Waals surface area contributed by atoms with Crippen LogP contribution in [0.2, 0.25) is 0 Å². The van der Waals surface area contributed by atoms with Crippen molar-refractivity contribution < 1.29 is 0 Å². The van der Waals surface area contributed by atoms with E-state index in [0.29, 0.717) is 0 Å². The molecule has 0 atom stereocenters. The van der Waals surface area contributed by atoms with Crippen molar-refractivity contribution in [3.8, 4) is 11.1 Å². The molecule has 0 radical (unpaired) electrons. The van der Waals surface area contributed by atoms with Crippen LogP contribution < -0.4 is 0 Å². The summed E-state index contributed by atoms with van der Waals surface area (Å²) >= 11 is 0. The number of aromatic nitrogens is 1. The first-order chi connectivity index (χ1) is 10.4. The Morgan fingerprint density at radius 1 is 0.857 bits per heavy atom. The lowest BCUT2D eigenvalue weighted by Gasteiger charge is -2.12. The van der Waals surface area contributed by atoms with E-state index in [2.05, 4.69) is 34.9 Å². The quantitative estimate of drug-likeness (QED) is 0.633. The van der Waals surface area contributed by atoms with Gasteiger partial charge in [0, 0.05) is 18.3 Å². The van der Waals surface area contributed by atoms with Crippen LogP contribution in [0.3, 0.4) is 0 Å². The minimum absolute atomic E-state index is 0.750. The van der Waals surface area contributed by atoms with Crippen molar-refractivity contribution in [1.82, 2.24) is 4.98 Å². The first kappa shape index (κ1) is 13.3. The summed E-state index contributed by atoms with van der Waals surface area (Å²) in [5.41, 5.74) is 5.49. The van der Waals surface area contributed by atoms with Gasteiger partial charge in [-0.05, 0) is 41.6 Å². The normalized spacial score (nSPS) is 10.3. The van der Waals surface area contributed by atoms with Crippen LogP contribution in [0.1, 0.15) is 11.3 Å². The van der Waals surface area contributed by atoms with Crippen LogP contribution in [0, 0.1) is 0 Å². The number of nitrogens with zero attached hydrogens (tertiary/aromatic N) is 2. The van der Waals surface area contributed by atoms with Gasteiger partial charge in [0.05, 0.1) is 5.69 Å². The molecule has 3 aromatic rings. The second-order valence-electron chi connectivity index (χ2n) is 4.83. The van der Waals surface area contributed by atoms with Gasteiger partial charge in [0.2, 0.25) is 0 Å². The Morgan fingerprint density at radius 3 is 2.38 bits per heavy atom. The fourth-order valence-corrected chi connectivity index (χ4v) is 2.48. The predicted molar refractivity (Wildman–Crippen MR) is 88.1 cm³/mol. The smallest absolute Gasteiger partial charge is 0.0664 e. The lowest BCUT2D eigenvalue weighted by Crippen LogP contribution is -1.95. The van der Waals surface area contributed by atoms with Gasteiger partial charge in [-0.1, -0.05) is 48.5 Å². The maximum absolute atomic E-state index is 4.42. The Morgan fingerprint density at radius 2 is 1.67 bits per heavy atom.